The topological polar surface area (TPSA) is 81.8 Å². The van der Waals surface area contributed by atoms with E-state index in [4.69, 9.17) is 0 Å². The van der Waals surface area contributed by atoms with E-state index in [1.54, 1.807) is 11.0 Å². The highest BCUT2D eigenvalue weighted by molar-refractivity contribution is 5.95. The van der Waals surface area contributed by atoms with Gasteiger partial charge in [0, 0.05) is 38.3 Å². The molecule has 1 aliphatic rings. The fraction of sp³-hybridized carbons (Fsp3) is 0.500. The van der Waals surface area contributed by atoms with Gasteiger partial charge in [-0.05, 0) is 31.0 Å². The summed E-state index contributed by atoms with van der Waals surface area (Å²) in [5, 5.41) is 4.88. The number of hydrogen-bond acceptors (Lipinski definition) is 4. The van der Waals surface area contributed by atoms with E-state index >= 15 is 0 Å². The third-order valence-corrected chi connectivity index (χ3v) is 4.10. The van der Waals surface area contributed by atoms with Crippen LogP contribution in [-0.2, 0) is 4.79 Å². The number of benzene rings is 1. The zero-order valence-corrected chi connectivity index (χ0v) is 15.0. The first-order valence-electron chi connectivity index (χ1n) is 8.84. The second-order valence-electron chi connectivity index (χ2n) is 6.24. The van der Waals surface area contributed by atoms with E-state index in [2.05, 4.69) is 10.6 Å². The Hall–Kier alpha value is -2.48. The van der Waals surface area contributed by atoms with Crippen LogP contribution in [0.5, 0.6) is 0 Å². The van der Waals surface area contributed by atoms with E-state index in [0.29, 0.717) is 44.7 Å². The molecule has 0 radical (unpaired) electrons. The summed E-state index contributed by atoms with van der Waals surface area (Å²) in [5.74, 6) is -1.02. The van der Waals surface area contributed by atoms with Crippen LogP contribution in [0.25, 0.3) is 0 Å². The lowest BCUT2D eigenvalue weighted by molar-refractivity contribution is -0.121. The first-order valence-corrected chi connectivity index (χ1v) is 8.84. The Labute approximate surface area is 152 Å². The number of rotatable bonds is 5. The number of halogens is 1. The molecule has 1 aliphatic heterocycles. The summed E-state index contributed by atoms with van der Waals surface area (Å²) in [6.07, 6.45) is 1.50. The molecule has 2 N–H and O–H groups in total. The highest BCUT2D eigenvalue weighted by atomic mass is 19.1. The average Bonchev–Trinajstić information content (AvgIpc) is 2.84. The lowest BCUT2D eigenvalue weighted by Gasteiger charge is -2.21. The average molecular weight is 364 g/mol. The molecule has 0 bridgehead atoms. The second kappa shape index (κ2) is 9.86. The monoisotopic (exact) mass is 364 g/mol. The summed E-state index contributed by atoms with van der Waals surface area (Å²) in [5.41, 5.74) is 0.323. The maximum absolute atomic E-state index is 13.3. The molecule has 1 aromatic rings. The number of urea groups is 1. The standard InChI is InChI=1S/C18H25FN4O3/c1-2-7-20-18(26)21-16(24)13-22-8-4-9-23(11-10-22)17(25)14-5-3-6-15(19)12-14/h3,5-6,12H,2,4,7-11,13H2,1H3,(H2,20,21,24,26). The molecule has 0 aromatic heterocycles. The van der Waals surface area contributed by atoms with Crippen molar-refractivity contribution in [2.75, 3.05) is 39.3 Å². The van der Waals surface area contributed by atoms with Crippen molar-refractivity contribution in [1.29, 1.82) is 0 Å². The fourth-order valence-electron chi connectivity index (χ4n) is 2.79. The van der Waals surface area contributed by atoms with Crippen LogP contribution in [0.4, 0.5) is 9.18 Å². The van der Waals surface area contributed by atoms with E-state index < -0.39 is 11.8 Å². The first-order chi connectivity index (χ1) is 12.5. The molecule has 0 unspecified atom stereocenters. The largest absolute Gasteiger partial charge is 0.338 e. The molecule has 8 heteroatoms. The lowest BCUT2D eigenvalue weighted by atomic mass is 10.2. The van der Waals surface area contributed by atoms with Gasteiger partial charge < -0.3 is 10.2 Å². The maximum atomic E-state index is 13.3. The Bertz CT molecular complexity index is 653. The Morgan fingerprint density at radius 3 is 2.69 bits per heavy atom. The SMILES string of the molecule is CCCNC(=O)NC(=O)CN1CCCN(C(=O)c2cccc(F)c2)CC1. The molecule has 0 atom stereocenters. The molecule has 0 spiro atoms. The molecule has 1 heterocycles. The highest BCUT2D eigenvalue weighted by Crippen LogP contribution is 2.10. The van der Waals surface area contributed by atoms with Gasteiger partial charge in [0.2, 0.25) is 5.91 Å². The van der Waals surface area contributed by atoms with Gasteiger partial charge in [-0.2, -0.15) is 0 Å². The summed E-state index contributed by atoms with van der Waals surface area (Å²) in [7, 11) is 0. The predicted octanol–water partition coefficient (Wildman–Crippen LogP) is 1.21. The number of amides is 4. The second-order valence-corrected chi connectivity index (χ2v) is 6.24. The molecule has 4 amide bonds. The molecule has 1 saturated heterocycles. The van der Waals surface area contributed by atoms with Gasteiger partial charge in [-0.3, -0.25) is 19.8 Å². The van der Waals surface area contributed by atoms with E-state index in [1.165, 1.54) is 18.2 Å². The minimum absolute atomic E-state index is 0.0988. The number of hydrogen-bond donors (Lipinski definition) is 2. The van der Waals surface area contributed by atoms with Crippen molar-refractivity contribution >= 4 is 17.8 Å². The molecular weight excluding hydrogens is 339 g/mol. The van der Waals surface area contributed by atoms with Gasteiger partial charge >= 0.3 is 6.03 Å². The van der Waals surface area contributed by atoms with Crippen LogP contribution in [-0.4, -0.2) is 66.9 Å². The van der Waals surface area contributed by atoms with Crippen LogP contribution < -0.4 is 10.6 Å². The van der Waals surface area contributed by atoms with Crippen LogP contribution in [0.2, 0.25) is 0 Å². The molecule has 2 rings (SSSR count). The minimum Gasteiger partial charge on any atom is -0.338 e. The quantitative estimate of drug-likeness (QED) is 0.823. The van der Waals surface area contributed by atoms with Gasteiger partial charge in [0.05, 0.1) is 6.54 Å². The molecular formula is C18H25FN4O3. The van der Waals surface area contributed by atoms with Gasteiger partial charge in [0.25, 0.3) is 5.91 Å². The number of nitrogens with one attached hydrogen (secondary N) is 2. The van der Waals surface area contributed by atoms with Gasteiger partial charge in [0.15, 0.2) is 0 Å². The number of nitrogens with zero attached hydrogens (tertiary/aromatic N) is 2. The summed E-state index contributed by atoms with van der Waals surface area (Å²) in [6, 6.07) is 5.15. The fourth-order valence-corrected chi connectivity index (χ4v) is 2.79. The van der Waals surface area contributed by atoms with Crippen molar-refractivity contribution in [3.05, 3.63) is 35.6 Å². The van der Waals surface area contributed by atoms with Crippen molar-refractivity contribution < 1.29 is 18.8 Å². The Morgan fingerprint density at radius 2 is 1.96 bits per heavy atom. The smallest absolute Gasteiger partial charge is 0.321 e. The van der Waals surface area contributed by atoms with Crippen LogP contribution in [0, 0.1) is 5.82 Å². The van der Waals surface area contributed by atoms with Gasteiger partial charge in [0.1, 0.15) is 5.82 Å². The molecule has 0 saturated carbocycles. The number of imide groups is 1. The van der Waals surface area contributed by atoms with Gasteiger partial charge in [-0.25, -0.2) is 9.18 Å². The molecule has 7 nitrogen and oxygen atoms in total. The molecule has 142 valence electrons. The summed E-state index contributed by atoms with van der Waals surface area (Å²) < 4.78 is 13.3. The minimum atomic E-state index is -0.491. The van der Waals surface area contributed by atoms with Crippen LogP contribution in [0.15, 0.2) is 24.3 Å². The van der Waals surface area contributed by atoms with Gasteiger partial charge in [-0.15, -0.1) is 0 Å². The number of carbonyl (C=O) groups excluding carboxylic acids is 3. The van der Waals surface area contributed by atoms with E-state index in [0.717, 1.165) is 6.42 Å². The molecule has 0 aliphatic carbocycles. The molecule has 1 aromatic carbocycles. The zero-order valence-electron chi connectivity index (χ0n) is 15.0. The summed E-state index contributed by atoms with van der Waals surface area (Å²) >= 11 is 0. The first kappa shape index (κ1) is 19.8. The lowest BCUT2D eigenvalue weighted by Crippen LogP contribution is -2.45. The van der Waals surface area contributed by atoms with Crippen LogP contribution in [0.3, 0.4) is 0 Å². The Morgan fingerprint density at radius 1 is 1.15 bits per heavy atom. The van der Waals surface area contributed by atoms with Gasteiger partial charge in [-0.1, -0.05) is 13.0 Å². The van der Waals surface area contributed by atoms with Crippen LogP contribution >= 0.6 is 0 Å². The molecule has 26 heavy (non-hydrogen) atoms. The Kier molecular flexibility index (Phi) is 7.53. The number of carbonyl (C=O) groups is 3. The highest BCUT2D eigenvalue weighted by Gasteiger charge is 2.22. The summed E-state index contributed by atoms with van der Waals surface area (Å²) in [4.78, 5) is 39.5. The van der Waals surface area contributed by atoms with Crippen molar-refractivity contribution in [3.8, 4) is 0 Å². The normalized spacial score (nSPS) is 15.2. The van der Waals surface area contributed by atoms with Crippen molar-refractivity contribution in [2.24, 2.45) is 0 Å². The zero-order chi connectivity index (χ0) is 18.9. The third kappa shape index (κ3) is 6.11. The van der Waals surface area contributed by atoms with Crippen LogP contribution in [0.1, 0.15) is 30.1 Å². The van der Waals surface area contributed by atoms with E-state index in [1.807, 2.05) is 11.8 Å². The van der Waals surface area contributed by atoms with E-state index in [-0.39, 0.29) is 18.4 Å². The third-order valence-electron chi connectivity index (χ3n) is 4.10. The van der Waals surface area contributed by atoms with Crippen molar-refractivity contribution in [2.45, 2.75) is 19.8 Å². The molecule has 1 fully saturated rings. The van der Waals surface area contributed by atoms with Crippen molar-refractivity contribution in [3.63, 3.8) is 0 Å². The maximum Gasteiger partial charge on any atom is 0.321 e. The summed E-state index contributed by atoms with van der Waals surface area (Å²) in [6.45, 7) is 4.70. The predicted molar refractivity (Wildman–Crippen MR) is 95.2 cm³/mol. The Balaban J connectivity index is 1.83. The van der Waals surface area contributed by atoms with E-state index in [9.17, 15) is 18.8 Å². The van der Waals surface area contributed by atoms with Crippen molar-refractivity contribution in [1.82, 2.24) is 20.4 Å².